The van der Waals surface area contributed by atoms with Gasteiger partial charge in [0.05, 0.1) is 12.6 Å². The molecule has 1 atom stereocenters. The summed E-state index contributed by atoms with van der Waals surface area (Å²) in [6, 6.07) is 3.49. The molecule has 0 aromatic heterocycles. The number of likely N-dealkylation sites (N-methyl/N-ethyl adjacent to an activating group) is 1. The number of benzene rings is 1. The number of hydrogen-bond acceptors (Lipinski definition) is 3. The van der Waals surface area contributed by atoms with Gasteiger partial charge < -0.3 is 9.80 Å². The minimum atomic E-state index is -0.883. The maximum Gasteiger partial charge on any atom is 0.236 e. The first-order chi connectivity index (χ1) is 11.8. The molecule has 0 spiro atoms. The van der Waals surface area contributed by atoms with E-state index in [1.165, 1.54) is 6.07 Å². The summed E-state index contributed by atoms with van der Waals surface area (Å²) in [6.07, 6.45) is 0. The van der Waals surface area contributed by atoms with E-state index < -0.39 is 11.6 Å². The minimum Gasteiger partial charge on any atom is -0.338 e. The Hall–Kier alpha value is -1.53. The molecule has 1 aromatic rings. The molecule has 0 saturated carbocycles. The van der Waals surface area contributed by atoms with Gasteiger partial charge in [-0.05, 0) is 30.5 Å². The molecule has 1 fully saturated rings. The van der Waals surface area contributed by atoms with Gasteiger partial charge in [-0.1, -0.05) is 19.9 Å². The highest BCUT2D eigenvalue weighted by atomic mass is 19.2. The van der Waals surface area contributed by atoms with Crippen molar-refractivity contribution in [2.75, 3.05) is 46.3 Å². The smallest absolute Gasteiger partial charge is 0.236 e. The van der Waals surface area contributed by atoms with E-state index in [0.29, 0.717) is 18.0 Å². The Morgan fingerprint density at radius 2 is 1.68 bits per heavy atom. The van der Waals surface area contributed by atoms with Crippen LogP contribution in [0.3, 0.4) is 0 Å². The molecule has 1 aliphatic rings. The normalized spacial score (nSPS) is 17.7. The van der Waals surface area contributed by atoms with Crippen LogP contribution in [-0.4, -0.2) is 66.9 Å². The minimum absolute atomic E-state index is 0.00505. The summed E-state index contributed by atoms with van der Waals surface area (Å²) in [5.74, 6) is -1.11. The summed E-state index contributed by atoms with van der Waals surface area (Å²) < 4.78 is 26.5. The van der Waals surface area contributed by atoms with Crippen LogP contribution in [0, 0.1) is 17.6 Å². The monoisotopic (exact) mass is 353 g/mol. The highest BCUT2D eigenvalue weighted by molar-refractivity contribution is 5.78. The Morgan fingerprint density at radius 1 is 1.08 bits per heavy atom. The summed E-state index contributed by atoms with van der Waals surface area (Å²) >= 11 is 0. The molecule has 2 rings (SSSR count). The standard InChI is InChI=1S/C19H29F2N3O/c1-14(2)12-23-7-9-24(10-8-23)13-19(25)22(4)15(3)16-5-6-17(20)18(21)11-16/h5-6,11,14-15H,7-10,12-13H2,1-4H3. The van der Waals surface area contributed by atoms with Gasteiger partial charge >= 0.3 is 0 Å². The second kappa shape index (κ2) is 8.72. The fourth-order valence-electron chi connectivity index (χ4n) is 3.16. The van der Waals surface area contributed by atoms with Gasteiger partial charge in [0.25, 0.3) is 0 Å². The zero-order chi connectivity index (χ0) is 18.6. The zero-order valence-electron chi connectivity index (χ0n) is 15.6. The summed E-state index contributed by atoms with van der Waals surface area (Å²) in [6.45, 7) is 11.4. The Bertz CT molecular complexity index is 586. The fraction of sp³-hybridized carbons (Fsp3) is 0.632. The highest BCUT2D eigenvalue weighted by Gasteiger charge is 2.23. The van der Waals surface area contributed by atoms with E-state index in [1.54, 1.807) is 11.9 Å². The van der Waals surface area contributed by atoms with Crippen molar-refractivity contribution in [3.63, 3.8) is 0 Å². The van der Waals surface area contributed by atoms with Crippen LogP contribution in [0.25, 0.3) is 0 Å². The lowest BCUT2D eigenvalue weighted by atomic mass is 10.1. The van der Waals surface area contributed by atoms with Crippen molar-refractivity contribution in [2.24, 2.45) is 5.92 Å². The molecule has 1 amide bonds. The maximum absolute atomic E-state index is 13.4. The van der Waals surface area contributed by atoms with Crippen LogP contribution >= 0.6 is 0 Å². The van der Waals surface area contributed by atoms with E-state index in [-0.39, 0.29) is 11.9 Å². The van der Waals surface area contributed by atoms with Gasteiger partial charge in [-0.3, -0.25) is 9.69 Å². The number of piperazine rings is 1. The number of amides is 1. The molecule has 1 saturated heterocycles. The van der Waals surface area contributed by atoms with Crippen LogP contribution < -0.4 is 0 Å². The molecule has 0 aliphatic carbocycles. The predicted octanol–water partition coefficient (Wildman–Crippen LogP) is 2.76. The third-order valence-corrected chi connectivity index (χ3v) is 4.85. The van der Waals surface area contributed by atoms with Crippen molar-refractivity contribution >= 4 is 5.91 Å². The van der Waals surface area contributed by atoms with Crippen molar-refractivity contribution in [1.82, 2.24) is 14.7 Å². The molecule has 4 nitrogen and oxygen atoms in total. The molecule has 0 radical (unpaired) electrons. The van der Waals surface area contributed by atoms with E-state index in [2.05, 4.69) is 23.6 Å². The SMILES string of the molecule is CC(C)CN1CCN(CC(=O)N(C)C(C)c2ccc(F)c(F)c2)CC1. The average Bonchev–Trinajstić information content (AvgIpc) is 2.57. The van der Waals surface area contributed by atoms with E-state index in [1.807, 2.05) is 6.92 Å². The largest absolute Gasteiger partial charge is 0.338 e. The first-order valence-electron chi connectivity index (χ1n) is 8.93. The summed E-state index contributed by atoms with van der Waals surface area (Å²) in [5, 5.41) is 0. The van der Waals surface area contributed by atoms with Gasteiger partial charge in [0, 0.05) is 39.8 Å². The molecule has 1 heterocycles. The van der Waals surface area contributed by atoms with Crippen LogP contribution in [0.15, 0.2) is 18.2 Å². The van der Waals surface area contributed by atoms with Crippen molar-refractivity contribution in [2.45, 2.75) is 26.8 Å². The van der Waals surface area contributed by atoms with Gasteiger partial charge in [0.1, 0.15) is 0 Å². The van der Waals surface area contributed by atoms with Crippen molar-refractivity contribution in [3.8, 4) is 0 Å². The van der Waals surface area contributed by atoms with Gasteiger partial charge in [0.15, 0.2) is 11.6 Å². The maximum atomic E-state index is 13.4. The van der Waals surface area contributed by atoms with Crippen molar-refractivity contribution < 1.29 is 13.6 Å². The first-order valence-corrected chi connectivity index (χ1v) is 8.93. The van der Waals surface area contributed by atoms with Crippen LogP contribution in [0.2, 0.25) is 0 Å². The topological polar surface area (TPSA) is 26.8 Å². The molecular formula is C19H29F2N3O. The summed E-state index contributed by atoms with van der Waals surface area (Å²) in [7, 11) is 1.71. The third kappa shape index (κ3) is 5.47. The van der Waals surface area contributed by atoms with E-state index >= 15 is 0 Å². The first kappa shape index (κ1) is 19.8. The molecule has 0 N–H and O–H groups in total. The molecule has 1 aliphatic heterocycles. The van der Waals surface area contributed by atoms with Gasteiger partial charge in [-0.2, -0.15) is 0 Å². The third-order valence-electron chi connectivity index (χ3n) is 4.85. The Kier molecular flexibility index (Phi) is 6.90. The number of nitrogens with zero attached hydrogens (tertiary/aromatic N) is 3. The van der Waals surface area contributed by atoms with E-state index in [9.17, 15) is 13.6 Å². The number of rotatable bonds is 6. The quantitative estimate of drug-likeness (QED) is 0.787. The number of carbonyl (C=O) groups excluding carboxylic acids is 1. The molecule has 6 heteroatoms. The van der Waals surface area contributed by atoms with Gasteiger partial charge in [0.2, 0.25) is 5.91 Å². The summed E-state index contributed by atoms with van der Waals surface area (Å²) in [5.41, 5.74) is 0.594. The Labute approximate surface area is 149 Å². The molecule has 140 valence electrons. The van der Waals surface area contributed by atoms with Crippen molar-refractivity contribution in [3.05, 3.63) is 35.4 Å². The predicted molar refractivity (Wildman–Crippen MR) is 95.3 cm³/mol. The van der Waals surface area contributed by atoms with Crippen LogP contribution in [0.1, 0.15) is 32.4 Å². The lowest BCUT2D eigenvalue weighted by molar-refractivity contribution is -0.133. The number of carbonyl (C=O) groups is 1. The molecule has 1 unspecified atom stereocenters. The van der Waals surface area contributed by atoms with Crippen LogP contribution in [0.4, 0.5) is 8.78 Å². The van der Waals surface area contributed by atoms with Crippen molar-refractivity contribution in [1.29, 1.82) is 0 Å². The molecule has 0 bridgehead atoms. The number of hydrogen-bond donors (Lipinski definition) is 0. The highest BCUT2D eigenvalue weighted by Crippen LogP contribution is 2.21. The lowest BCUT2D eigenvalue weighted by Crippen LogP contribution is -2.50. The molecule has 25 heavy (non-hydrogen) atoms. The average molecular weight is 353 g/mol. The fourth-order valence-corrected chi connectivity index (χ4v) is 3.16. The Balaban J connectivity index is 1.87. The zero-order valence-corrected chi connectivity index (χ0v) is 15.6. The summed E-state index contributed by atoms with van der Waals surface area (Å²) in [4.78, 5) is 18.7. The van der Waals surface area contributed by atoms with Gasteiger partial charge in [-0.15, -0.1) is 0 Å². The van der Waals surface area contributed by atoms with Crippen LogP contribution in [0.5, 0.6) is 0 Å². The van der Waals surface area contributed by atoms with E-state index in [0.717, 1.165) is 44.9 Å². The van der Waals surface area contributed by atoms with Gasteiger partial charge in [-0.25, -0.2) is 8.78 Å². The van der Waals surface area contributed by atoms with E-state index in [4.69, 9.17) is 0 Å². The van der Waals surface area contributed by atoms with Crippen LogP contribution in [-0.2, 0) is 4.79 Å². The second-order valence-corrected chi connectivity index (χ2v) is 7.32. The Morgan fingerprint density at radius 3 is 2.24 bits per heavy atom. The molecular weight excluding hydrogens is 324 g/mol. The lowest BCUT2D eigenvalue weighted by Gasteiger charge is -2.36. The second-order valence-electron chi connectivity index (χ2n) is 7.32. The molecule has 1 aromatic carbocycles. The number of halogens is 2.